The van der Waals surface area contributed by atoms with Crippen LogP contribution in [-0.2, 0) is 14.2 Å². The van der Waals surface area contributed by atoms with Crippen molar-refractivity contribution in [1.29, 1.82) is 0 Å². The summed E-state index contributed by atoms with van der Waals surface area (Å²) in [6, 6.07) is 6.95. The Labute approximate surface area is 236 Å². The molecular weight excluding hydrogens is 564 g/mol. The lowest BCUT2D eigenvalue weighted by Gasteiger charge is -2.41. The molecule has 2 fully saturated rings. The molecule has 0 spiro atoms. The largest absolute Gasteiger partial charge is 0.508 e. The first kappa shape index (κ1) is 30.0. The zero-order valence-electron chi connectivity index (χ0n) is 22.0. The van der Waals surface area contributed by atoms with Crippen molar-refractivity contribution in [3.8, 4) is 34.1 Å². The first-order valence-electron chi connectivity index (χ1n) is 12.8. The van der Waals surface area contributed by atoms with Crippen molar-refractivity contribution in [1.82, 2.24) is 0 Å². The van der Waals surface area contributed by atoms with Gasteiger partial charge in [-0.3, -0.25) is 4.79 Å². The number of methoxy groups -OCH3 is 1. The highest BCUT2D eigenvalue weighted by Gasteiger charge is 2.47. The van der Waals surface area contributed by atoms with Gasteiger partial charge in [-0.1, -0.05) is 12.1 Å². The fraction of sp³-hybridized carbons (Fsp3) is 0.444. The number of ether oxygens (including phenoxy) is 5. The number of aliphatic hydroxyl groups excluding tert-OH is 6. The van der Waals surface area contributed by atoms with Crippen molar-refractivity contribution in [3.05, 3.63) is 46.8 Å². The van der Waals surface area contributed by atoms with Crippen LogP contribution in [0, 0.1) is 0 Å². The zero-order chi connectivity index (χ0) is 30.3. The summed E-state index contributed by atoms with van der Waals surface area (Å²) in [4.78, 5) is 13.3. The van der Waals surface area contributed by atoms with Gasteiger partial charge in [0.2, 0.25) is 17.5 Å². The third-order valence-corrected chi connectivity index (χ3v) is 7.13. The standard InChI is InChI=1S/C27H30O15/c1-37-25-15(6-14-17(21(25)33)18(30)12(7-38-14)10-2-4-11(28)5-3-10)41-27-24(36)22(34)20(32)16(42-27)9-40-26-23(35)19(31)13(29)8-39-26/h2-7,13,16,19-20,22-24,26-29,31-36H,8-9H2,1H3/t13-,16-,19+,20-,22+,23-,24-,26+,27-/m1/s1. The maximum absolute atomic E-state index is 13.3. The smallest absolute Gasteiger partial charge is 0.229 e. The molecule has 2 aliphatic rings. The topological polar surface area (TPSA) is 238 Å². The van der Waals surface area contributed by atoms with E-state index in [4.69, 9.17) is 28.1 Å². The minimum absolute atomic E-state index is 0.00709. The Morgan fingerprint density at radius 3 is 2.29 bits per heavy atom. The summed E-state index contributed by atoms with van der Waals surface area (Å²) in [5, 5.41) is 81.2. The molecule has 2 aliphatic heterocycles. The quantitative estimate of drug-likeness (QED) is 0.156. The van der Waals surface area contributed by atoms with Gasteiger partial charge in [-0.25, -0.2) is 0 Å². The molecule has 0 amide bonds. The summed E-state index contributed by atoms with van der Waals surface area (Å²) in [6.07, 6.45) is -13.0. The normalized spacial score (nSPS) is 31.6. The Bertz CT molecular complexity index is 1460. The van der Waals surface area contributed by atoms with Crippen molar-refractivity contribution in [3.63, 3.8) is 0 Å². The van der Waals surface area contributed by atoms with E-state index in [0.29, 0.717) is 5.56 Å². The number of benzene rings is 2. The fourth-order valence-electron chi connectivity index (χ4n) is 4.74. The molecule has 0 radical (unpaired) electrons. The van der Waals surface area contributed by atoms with Crippen LogP contribution in [0.2, 0.25) is 0 Å². The van der Waals surface area contributed by atoms with Crippen LogP contribution in [0.4, 0.5) is 0 Å². The summed E-state index contributed by atoms with van der Waals surface area (Å²) in [5.41, 5.74) is -0.225. The van der Waals surface area contributed by atoms with Crippen LogP contribution >= 0.6 is 0 Å². The van der Waals surface area contributed by atoms with Gasteiger partial charge in [-0.2, -0.15) is 0 Å². The average Bonchev–Trinajstić information content (AvgIpc) is 2.97. The minimum atomic E-state index is -1.81. The molecule has 8 N–H and O–H groups in total. The van der Waals surface area contributed by atoms with E-state index >= 15 is 0 Å². The van der Waals surface area contributed by atoms with Crippen molar-refractivity contribution < 1.29 is 69.0 Å². The summed E-state index contributed by atoms with van der Waals surface area (Å²) in [6.45, 7) is -0.841. The Morgan fingerprint density at radius 1 is 0.905 bits per heavy atom. The van der Waals surface area contributed by atoms with Crippen molar-refractivity contribution in [2.24, 2.45) is 0 Å². The number of aliphatic hydroxyl groups is 6. The molecule has 0 bridgehead atoms. The number of fused-ring (bicyclic) bond motifs is 1. The van der Waals surface area contributed by atoms with Gasteiger partial charge in [0.25, 0.3) is 0 Å². The molecule has 2 saturated heterocycles. The maximum Gasteiger partial charge on any atom is 0.229 e. The lowest BCUT2D eigenvalue weighted by atomic mass is 9.99. The summed E-state index contributed by atoms with van der Waals surface area (Å²) in [7, 11) is 1.19. The molecule has 15 heteroatoms. The second-order valence-corrected chi connectivity index (χ2v) is 9.87. The van der Waals surface area contributed by atoms with Crippen LogP contribution in [0.1, 0.15) is 0 Å². The molecule has 1 aromatic heterocycles. The first-order chi connectivity index (χ1) is 20.0. The van der Waals surface area contributed by atoms with E-state index in [1.165, 1.54) is 37.4 Å². The Morgan fingerprint density at radius 2 is 1.60 bits per heavy atom. The van der Waals surface area contributed by atoms with Gasteiger partial charge in [0, 0.05) is 6.07 Å². The average molecular weight is 595 g/mol. The van der Waals surface area contributed by atoms with E-state index in [1.807, 2.05) is 0 Å². The summed E-state index contributed by atoms with van der Waals surface area (Å²) in [5.74, 6) is -1.23. The Balaban J connectivity index is 1.39. The molecule has 228 valence electrons. The third kappa shape index (κ3) is 5.49. The number of phenolic OH excluding ortho intramolecular Hbond substituents is 2. The Hall–Kier alpha value is -3.51. The van der Waals surface area contributed by atoms with Crippen LogP contribution < -0.4 is 14.9 Å². The van der Waals surface area contributed by atoms with Crippen LogP contribution in [0.15, 0.2) is 45.8 Å². The number of phenols is 2. The summed E-state index contributed by atoms with van der Waals surface area (Å²) < 4.78 is 32.7. The molecule has 3 heterocycles. The first-order valence-corrected chi connectivity index (χ1v) is 12.8. The molecule has 9 atom stereocenters. The second kappa shape index (κ2) is 12.0. The molecule has 42 heavy (non-hydrogen) atoms. The monoisotopic (exact) mass is 594 g/mol. The number of hydrogen-bond donors (Lipinski definition) is 8. The molecule has 5 rings (SSSR count). The highest BCUT2D eigenvalue weighted by atomic mass is 16.7. The highest BCUT2D eigenvalue weighted by molar-refractivity contribution is 5.91. The van der Waals surface area contributed by atoms with Crippen LogP contribution in [0.25, 0.3) is 22.1 Å². The van der Waals surface area contributed by atoms with Crippen molar-refractivity contribution >= 4 is 11.0 Å². The van der Waals surface area contributed by atoms with E-state index in [9.17, 15) is 45.6 Å². The van der Waals surface area contributed by atoms with Crippen LogP contribution in [-0.4, -0.2) is 116 Å². The van der Waals surface area contributed by atoms with Gasteiger partial charge in [0.05, 0.1) is 25.9 Å². The molecule has 2 aromatic carbocycles. The molecule has 0 aliphatic carbocycles. The lowest BCUT2D eigenvalue weighted by molar-refractivity contribution is -0.307. The fourth-order valence-corrected chi connectivity index (χ4v) is 4.74. The minimum Gasteiger partial charge on any atom is -0.508 e. The van der Waals surface area contributed by atoms with Gasteiger partial charge in [-0.05, 0) is 17.7 Å². The molecule has 3 aromatic rings. The zero-order valence-corrected chi connectivity index (χ0v) is 22.0. The third-order valence-electron chi connectivity index (χ3n) is 7.13. The second-order valence-electron chi connectivity index (χ2n) is 9.87. The van der Waals surface area contributed by atoms with Crippen LogP contribution in [0.3, 0.4) is 0 Å². The van der Waals surface area contributed by atoms with Crippen LogP contribution in [0.5, 0.6) is 23.0 Å². The van der Waals surface area contributed by atoms with E-state index in [1.54, 1.807) is 0 Å². The molecule has 0 unspecified atom stereocenters. The predicted molar refractivity (Wildman–Crippen MR) is 139 cm³/mol. The van der Waals surface area contributed by atoms with Gasteiger partial charge < -0.3 is 69.0 Å². The molecule has 0 saturated carbocycles. The van der Waals surface area contributed by atoms with Gasteiger partial charge in [-0.15, -0.1) is 0 Å². The van der Waals surface area contributed by atoms with E-state index in [-0.39, 0.29) is 40.4 Å². The summed E-state index contributed by atoms with van der Waals surface area (Å²) >= 11 is 0. The lowest BCUT2D eigenvalue weighted by Crippen LogP contribution is -2.61. The number of hydrogen-bond acceptors (Lipinski definition) is 15. The Kier molecular flexibility index (Phi) is 8.56. The van der Waals surface area contributed by atoms with Gasteiger partial charge in [0.1, 0.15) is 65.7 Å². The SMILES string of the molecule is COc1c(O[C@@H]2O[C@H](CO[C@@H]3OC[C@@H](O)[C@H](O)[C@H]3O)[C@@H](O)[C@H](O)[C@H]2O)cc2occ(-c3ccc(O)cc3)c(=O)c2c1O. The van der Waals surface area contributed by atoms with E-state index < -0.39 is 73.1 Å². The van der Waals surface area contributed by atoms with E-state index in [2.05, 4.69) is 0 Å². The predicted octanol–water partition coefficient (Wildman–Crippen LogP) is -1.48. The molecular formula is C27H30O15. The number of rotatable bonds is 7. The van der Waals surface area contributed by atoms with Gasteiger partial charge in [0.15, 0.2) is 17.8 Å². The van der Waals surface area contributed by atoms with E-state index in [0.717, 1.165) is 6.26 Å². The highest BCUT2D eigenvalue weighted by Crippen LogP contribution is 2.43. The maximum atomic E-state index is 13.3. The van der Waals surface area contributed by atoms with Gasteiger partial charge >= 0.3 is 0 Å². The van der Waals surface area contributed by atoms with Crippen molar-refractivity contribution in [2.75, 3.05) is 20.3 Å². The molecule has 15 nitrogen and oxygen atoms in total. The number of aromatic hydroxyl groups is 2. The van der Waals surface area contributed by atoms with Crippen molar-refractivity contribution in [2.45, 2.75) is 55.3 Å².